The van der Waals surface area contributed by atoms with Crippen molar-refractivity contribution in [2.45, 2.75) is 13.3 Å². The van der Waals surface area contributed by atoms with Gasteiger partial charge < -0.3 is 0 Å². The summed E-state index contributed by atoms with van der Waals surface area (Å²) in [5, 5.41) is 7.03. The second-order valence-corrected chi connectivity index (χ2v) is 3.52. The topological polar surface area (TPSA) is 45.8 Å². The zero-order valence-electron chi connectivity index (χ0n) is 8.53. The molecule has 2 rings (SSSR count). The predicted molar refractivity (Wildman–Crippen MR) is 58.4 cm³/mol. The summed E-state index contributed by atoms with van der Waals surface area (Å²) in [4.78, 5) is 10.9. The Hall–Kier alpha value is -1.90. The third kappa shape index (κ3) is 2.31. The molecule has 0 aliphatic rings. The van der Waals surface area contributed by atoms with Crippen LogP contribution in [0.15, 0.2) is 36.4 Å². The molecule has 1 aromatic heterocycles. The average Bonchev–Trinajstić information content (AvgIpc) is 2.67. The summed E-state index contributed by atoms with van der Waals surface area (Å²) in [6.45, 7) is 1.57. The number of rotatable bonds is 3. The van der Waals surface area contributed by atoms with Gasteiger partial charge in [0.05, 0.1) is 5.69 Å². The summed E-state index contributed by atoms with van der Waals surface area (Å²) >= 11 is 0. The molecule has 2 aromatic rings. The average molecular weight is 200 g/mol. The predicted octanol–water partition coefficient (Wildman–Crippen LogP) is 2.21. The fourth-order valence-electron chi connectivity index (χ4n) is 1.48. The van der Waals surface area contributed by atoms with Crippen molar-refractivity contribution in [1.82, 2.24) is 10.2 Å². The highest BCUT2D eigenvalue weighted by atomic mass is 16.1. The number of carbonyl (C=O) groups excluding carboxylic acids is 1. The number of aromatic amines is 1. The molecule has 0 aliphatic carbocycles. The summed E-state index contributed by atoms with van der Waals surface area (Å²) in [6, 6.07) is 11.8. The number of hydrogen-bond donors (Lipinski definition) is 1. The Morgan fingerprint density at radius 1 is 1.33 bits per heavy atom. The molecule has 0 spiro atoms. The van der Waals surface area contributed by atoms with Crippen molar-refractivity contribution in [2.75, 3.05) is 0 Å². The summed E-state index contributed by atoms with van der Waals surface area (Å²) < 4.78 is 0. The Bertz CT molecular complexity index is 459. The molecule has 0 saturated heterocycles. The maximum Gasteiger partial charge on any atom is 0.135 e. The number of nitrogens with one attached hydrogen (secondary N) is 1. The van der Waals surface area contributed by atoms with E-state index in [4.69, 9.17) is 0 Å². The van der Waals surface area contributed by atoms with E-state index >= 15 is 0 Å². The normalized spacial score (nSPS) is 10.2. The summed E-state index contributed by atoms with van der Waals surface area (Å²) in [7, 11) is 0. The Morgan fingerprint density at radius 3 is 2.73 bits per heavy atom. The van der Waals surface area contributed by atoms with Gasteiger partial charge in [0.2, 0.25) is 0 Å². The molecule has 3 nitrogen and oxygen atoms in total. The van der Waals surface area contributed by atoms with Crippen molar-refractivity contribution in [2.24, 2.45) is 0 Å². The van der Waals surface area contributed by atoms with E-state index in [1.54, 1.807) is 6.92 Å². The van der Waals surface area contributed by atoms with Crippen LogP contribution in [0.4, 0.5) is 0 Å². The molecule has 0 fully saturated rings. The summed E-state index contributed by atoms with van der Waals surface area (Å²) in [5.41, 5.74) is 2.80. The molecule has 1 heterocycles. The number of Topliss-reactive ketones (excluding diaryl/α,β-unsaturated/α-hetero) is 1. The number of nitrogens with zero attached hydrogens (tertiary/aromatic N) is 1. The quantitative estimate of drug-likeness (QED) is 0.825. The van der Waals surface area contributed by atoms with Crippen molar-refractivity contribution in [3.05, 3.63) is 42.1 Å². The fraction of sp³-hybridized carbons (Fsp3) is 0.167. The maximum absolute atomic E-state index is 10.9. The first kappa shape index (κ1) is 9.65. The summed E-state index contributed by atoms with van der Waals surface area (Å²) in [5.74, 6) is 0.137. The SMILES string of the molecule is CC(=O)Cc1cc(-c2ccccc2)n[nH]1. The monoisotopic (exact) mass is 200 g/mol. The van der Waals surface area contributed by atoms with Crippen molar-refractivity contribution in [1.29, 1.82) is 0 Å². The van der Waals surface area contributed by atoms with Crippen LogP contribution in [0.1, 0.15) is 12.6 Å². The molecule has 0 amide bonds. The lowest BCUT2D eigenvalue weighted by Crippen LogP contribution is -1.95. The van der Waals surface area contributed by atoms with E-state index in [1.807, 2.05) is 36.4 Å². The number of benzene rings is 1. The molecule has 1 N–H and O–H groups in total. The number of aromatic nitrogens is 2. The van der Waals surface area contributed by atoms with Gasteiger partial charge in [0.15, 0.2) is 0 Å². The largest absolute Gasteiger partial charge is 0.300 e. The minimum Gasteiger partial charge on any atom is -0.300 e. The van der Waals surface area contributed by atoms with E-state index in [-0.39, 0.29) is 5.78 Å². The van der Waals surface area contributed by atoms with E-state index in [0.717, 1.165) is 17.0 Å². The molecular weight excluding hydrogens is 188 g/mol. The third-order valence-electron chi connectivity index (χ3n) is 2.14. The molecule has 0 saturated carbocycles. The van der Waals surface area contributed by atoms with Gasteiger partial charge in [0, 0.05) is 17.7 Å². The first-order valence-corrected chi connectivity index (χ1v) is 4.85. The number of hydrogen-bond acceptors (Lipinski definition) is 2. The molecule has 0 bridgehead atoms. The van der Waals surface area contributed by atoms with Crippen LogP contribution in [0.25, 0.3) is 11.3 Å². The number of ketones is 1. The molecular formula is C12H12N2O. The van der Waals surface area contributed by atoms with Gasteiger partial charge in [0.25, 0.3) is 0 Å². The Kier molecular flexibility index (Phi) is 2.63. The van der Waals surface area contributed by atoms with Gasteiger partial charge in [0.1, 0.15) is 5.78 Å². The molecule has 0 aliphatic heterocycles. The molecule has 3 heteroatoms. The van der Waals surface area contributed by atoms with E-state index in [9.17, 15) is 4.79 Å². The lowest BCUT2D eigenvalue weighted by molar-refractivity contribution is -0.116. The summed E-state index contributed by atoms with van der Waals surface area (Å²) in [6.07, 6.45) is 0.417. The molecule has 1 aromatic carbocycles. The first-order valence-electron chi connectivity index (χ1n) is 4.85. The van der Waals surface area contributed by atoms with Crippen molar-refractivity contribution in [3.63, 3.8) is 0 Å². The third-order valence-corrected chi connectivity index (χ3v) is 2.14. The van der Waals surface area contributed by atoms with Gasteiger partial charge in [-0.2, -0.15) is 5.10 Å². The van der Waals surface area contributed by atoms with Crippen LogP contribution >= 0.6 is 0 Å². The van der Waals surface area contributed by atoms with Crippen LogP contribution in [-0.4, -0.2) is 16.0 Å². The minimum absolute atomic E-state index is 0.137. The lowest BCUT2D eigenvalue weighted by Gasteiger charge is -1.92. The van der Waals surface area contributed by atoms with Gasteiger partial charge in [-0.25, -0.2) is 0 Å². The molecule has 15 heavy (non-hydrogen) atoms. The van der Waals surface area contributed by atoms with E-state index in [0.29, 0.717) is 6.42 Å². The van der Waals surface area contributed by atoms with Crippen molar-refractivity contribution >= 4 is 5.78 Å². The first-order chi connectivity index (χ1) is 7.25. The Morgan fingerprint density at radius 2 is 2.07 bits per heavy atom. The maximum atomic E-state index is 10.9. The van der Waals surface area contributed by atoms with Gasteiger partial charge >= 0.3 is 0 Å². The molecule has 0 radical (unpaired) electrons. The van der Waals surface area contributed by atoms with Crippen molar-refractivity contribution < 1.29 is 4.79 Å². The fourth-order valence-corrected chi connectivity index (χ4v) is 1.48. The van der Waals surface area contributed by atoms with Crippen LogP contribution in [0, 0.1) is 0 Å². The Labute approximate surface area is 88.1 Å². The van der Waals surface area contributed by atoms with Crippen LogP contribution in [0.5, 0.6) is 0 Å². The van der Waals surface area contributed by atoms with Crippen LogP contribution in [0.3, 0.4) is 0 Å². The highest BCUT2D eigenvalue weighted by Gasteiger charge is 2.04. The molecule has 0 atom stereocenters. The second-order valence-electron chi connectivity index (χ2n) is 3.52. The minimum atomic E-state index is 0.137. The standard InChI is InChI=1S/C12H12N2O/c1-9(15)7-11-8-12(14-13-11)10-5-3-2-4-6-10/h2-6,8H,7H2,1H3,(H,13,14). The second kappa shape index (κ2) is 4.09. The van der Waals surface area contributed by atoms with Gasteiger partial charge in [-0.05, 0) is 13.0 Å². The van der Waals surface area contributed by atoms with Crippen molar-refractivity contribution in [3.8, 4) is 11.3 Å². The molecule has 76 valence electrons. The lowest BCUT2D eigenvalue weighted by atomic mass is 10.1. The zero-order valence-corrected chi connectivity index (χ0v) is 8.53. The van der Waals surface area contributed by atoms with Crippen LogP contribution in [-0.2, 0) is 11.2 Å². The number of H-pyrrole nitrogens is 1. The highest BCUT2D eigenvalue weighted by Crippen LogP contribution is 2.16. The highest BCUT2D eigenvalue weighted by molar-refractivity contribution is 5.78. The van der Waals surface area contributed by atoms with Crippen LogP contribution < -0.4 is 0 Å². The van der Waals surface area contributed by atoms with Crippen LogP contribution in [0.2, 0.25) is 0 Å². The van der Waals surface area contributed by atoms with Gasteiger partial charge in [-0.3, -0.25) is 9.89 Å². The molecule has 0 unspecified atom stereocenters. The zero-order chi connectivity index (χ0) is 10.7. The number of carbonyl (C=O) groups is 1. The van der Waals surface area contributed by atoms with Gasteiger partial charge in [-0.1, -0.05) is 30.3 Å². The van der Waals surface area contributed by atoms with E-state index < -0.39 is 0 Å². The van der Waals surface area contributed by atoms with E-state index in [1.165, 1.54) is 0 Å². The van der Waals surface area contributed by atoms with E-state index in [2.05, 4.69) is 10.2 Å². The smallest absolute Gasteiger partial charge is 0.135 e. The van der Waals surface area contributed by atoms with Gasteiger partial charge in [-0.15, -0.1) is 0 Å². The Balaban J connectivity index is 2.24.